The first-order chi connectivity index (χ1) is 13.6. The molecule has 1 saturated heterocycles. The molecule has 0 saturated carbocycles. The van der Waals surface area contributed by atoms with Gasteiger partial charge in [0, 0.05) is 12.1 Å². The van der Waals surface area contributed by atoms with Gasteiger partial charge in [0.05, 0.1) is 6.04 Å². The van der Waals surface area contributed by atoms with E-state index in [1.807, 2.05) is 50.2 Å². The summed E-state index contributed by atoms with van der Waals surface area (Å²) < 4.78 is 5.83. The zero-order chi connectivity index (χ0) is 19.8. The number of nitrogens with one attached hydrogen (secondary N) is 1. The zero-order valence-corrected chi connectivity index (χ0v) is 17.1. The number of carbonyl (C=O) groups excluding carboxylic acids is 1. The molecule has 150 valence electrons. The van der Waals surface area contributed by atoms with Crippen LogP contribution in [-0.2, 0) is 6.54 Å². The molecule has 1 aliphatic heterocycles. The first-order valence-electron chi connectivity index (χ1n) is 10.4. The van der Waals surface area contributed by atoms with E-state index in [2.05, 4.69) is 22.3 Å². The Bertz CT molecular complexity index is 749. The normalized spacial score (nSPS) is 16.2. The molecule has 4 nitrogen and oxygen atoms in total. The molecule has 4 heteroatoms. The molecule has 0 aromatic heterocycles. The van der Waals surface area contributed by atoms with Gasteiger partial charge < -0.3 is 10.1 Å². The minimum atomic E-state index is -0.0658. The summed E-state index contributed by atoms with van der Waals surface area (Å²) in [4.78, 5) is 15.0. The van der Waals surface area contributed by atoms with Crippen LogP contribution in [0.15, 0.2) is 48.5 Å². The van der Waals surface area contributed by atoms with Gasteiger partial charge in [-0.15, -0.1) is 0 Å². The molecule has 1 N–H and O–H groups in total. The number of nitrogens with zero attached hydrogens (tertiary/aromatic N) is 1. The van der Waals surface area contributed by atoms with E-state index in [9.17, 15) is 4.79 Å². The van der Waals surface area contributed by atoms with E-state index in [0.29, 0.717) is 12.2 Å². The van der Waals surface area contributed by atoms with Crippen LogP contribution >= 0.6 is 0 Å². The second-order valence-corrected chi connectivity index (χ2v) is 7.84. The van der Waals surface area contributed by atoms with E-state index in [1.165, 1.54) is 44.3 Å². The fourth-order valence-electron chi connectivity index (χ4n) is 3.60. The molecule has 1 unspecified atom stereocenters. The number of para-hydroxylation sites is 1. The third-order valence-electron chi connectivity index (χ3n) is 5.28. The van der Waals surface area contributed by atoms with Gasteiger partial charge in [-0.1, -0.05) is 43.2 Å². The van der Waals surface area contributed by atoms with Crippen LogP contribution in [0.2, 0.25) is 0 Å². The Morgan fingerprint density at radius 1 is 1.04 bits per heavy atom. The van der Waals surface area contributed by atoms with E-state index < -0.39 is 0 Å². The van der Waals surface area contributed by atoms with Crippen molar-refractivity contribution < 1.29 is 9.53 Å². The minimum absolute atomic E-state index is 0.0535. The summed E-state index contributed by atoms with van der Waals surface area (Å²) in [6, 6.07) is 15.9. The second kappa shape index (κ2) is 10.3. The molecular weight excluding hydrogens is 348 g/mol. The van der Waals surface area contributed by atoms with E-state index in [0.717, 1.165) is 17.9 Å². The average Bonchev–Trinajstić information content (AvgIpc) is 2.96. The van der Waals surface area contributed by atoms with E-state index in [1.54, 1.807) is 0 Å². The maximum absolute atomic E-state index is 12.5. The van der Waals surface area contributed by atoms with Gasteiger partial charge in [-0.3, -0.25) is 9.69 Å². The number of amides is 1. The van der Waals surface area contributed by atoms with Gasteiger partial charge in [0.1, 0.15) is 12.4 Å². The number of rotatable bonds is 7. The van der Waals surface area contributed by atoms with Crippen LogP contribution < -0.4 is 10.1 Å². The van der Waals surface area contributed by atoms with E-state index in [4.69, 9.17) is 4.74 Å². The Balaban J connectivity index is 1.47. The van der Waals surface area contributed by atoms with Crippen molar-refractivity contribution in [1.29, 1.82) is 0 Å². The Labute approximate surface area is 168 Å². The van der Waals surface area contributed by atoms with Crippen molar-refractivity contribution in [2.45, 2.75) is 52.1 Å². The highest BCUT2D eigenvalue weighted by atomic mass is 16.5. The summed E-state index contributed by atoms with van der Waals surface area (Å²) in [5.74, 6) is 0.809. The topological polar surface area (TPSA) is 41.6 Å². The highest BCUT2D eigenvalue weighted by Gasteiger charge is 2.12. The van der Waals surface area contributed by atoms with Crippen LogP contribution in [-0.4, -0.2) is 36.5 Å². The summed E-state index contributed by atoms with van der Waals surface area (Å²) in [5, 5.41) is 3.02. The Hall–Kier alpha value is -2.33. The molecule has 3 rings (SSSR count). The standard InChI is InChI=1S/C24H32N2O2/c1-19-9-5-6-10-23(19)28-18-20(2)25-24(27)22-13-11-21(12-14-22)17-26-15-7-3-4-8-16-26/h5-6,9-14,20H,3-4,7-8,15-18H2,1-2H3,(H,25,27). The number of likely N-dealkylation sites (tertiary alicyclic amines) is 1. The van der Waals surface area contributed by atoms with E-state index in [-0.39, 0.29) is 11.9 Å². The molecule has 2 aromatic carbocycles. The lowest BCUT2D eigenvalue weighted by Gasteiger charge is -2.20. The summed E-state index contributed by atoms with van der Waals surface area (Å²) in [6.45, 7) is 7.77. The van der Waals surface area contributed by atoms with Crippen LogP contribution in [0.4, 0.5) is 0 Å². The highest BCUT2D eigenvalue weighted by molar-refractivity contribution is 5.94. The minimum Gasteiger partial charge on any atom is -0.491 e. The van der Waals surface area contributed by atoms with Crippen molar-refractivity contribution in [3.05, 3.63) is 65.2 Å². The molecule has 1 amide bonds. The fraction of sp³-hybridized carbons (Fsp3) is 0.458. The molecule has 0 radical (unpaired) electrons. The summed E-state index contributed by atoms with van der Waals surface area (Å²) >= 11 is 0. The fourth-order valence-corrected chi connectivity index (χ4v) is 3.60. The molecular formula is C24H32N2O2. The molecule has 1 fully saturated rings. The quantitative estimate of drug-likeness (QED) is 0.765. The van der Waals surface area contributed by atoms with E-state index >= 15 is 0 Å². The van der Waals surface area contributed by atoms with Gasteiger partial charge in [0.15, 0.2) is 0 Å². The lowest BCUT2D eigenvalue weighted by atomic mass is 10.1. The summed E-state index contributed by atoms with van der Waals surface area (Å²) in [5.41, 5.74) is 3.07. The number of aryl methyl sites for hydroxylation is 1. The van der Waals surface area contributed by atoms with Crippen LogP contribution in [0, 0.1) is 6.92 Å². The van der Waals surface area contributed by atoms with Crippen LogP contribution in [0.1, 0.15) is 54.1 Å². The van der Waals surface area contributed by atoms with Gasteiger partial charge in [-0.05, 0) is 69.1 Å². The molecule has 0 bridgehead atoms. The van der Waals surface area contributed by atoms with Crippen LogP contribution in [0.5, 0.6) is 5.75 Å². The lowest BCUT2D eigenvalue weighted by Crippen LogP contribution is -2.36. The summed E-state index contributed by atoms with van der Waals surface area (Å²) in [7, 11) is 0. The number of hydrogen-bond donors (Lipinski definition) is 1. The van der Waals surface area contributed by atoms with Crippen molar-refractivity contribution in [1.82, 2.24) is 10.2 Å². The Kier molecular flexibility index (Phi) is 7.49. The van der Waals surface area contributed by atoms with Crippen molar-refractivity contribution in [2.75, 3.05) is 19.7 Å². The molecule has 28 heavy (non-hydrogen) atoms. The molecule has 1 atom stereocenters. The molecule has 1 aliphatic rings. The third kappa shape index (κ3) is 6.10. The molecule has 0 spiro atoms. The first-order valence-corrected chi connectivity index (χ1v) is 10.4. The average molecular weight is 381 g/mol. The van der Waals surface area contributed by atoms with Crippen molar-refractivity contribution >= 4 is 5.91 Å². The smallest absolute Gasteiger partial charge is 0.251 e. The molecule has 1 heterocycles. The predicted octanol–water partition coefficient (Wildman–Crippen LogP) is 4.57. The maximum atomic E-state index is 12.5. The van der Waals surface area contributed by atoms with Gasteiger partial charge in [-0.2, -0.15) is 0 Å². The summed E-state index contributed by atoms with van der Waals surface area (Å²) in [6.07, 6.45) is 5.29. The lowest BCUT2D eigenvalue weighted by molar-refractivity contribution is 0.0926. The van der Waals surface area contributed by atoms with Gasteiger partial charge >= 0.3 is 0 Å². The molecule has 0 aliphatic carbocycles. The number of carbonyl (C=O) groups is 1. The second-order valence-electron chi connectivity index (χ2n) is 7.84. The molecule has 2 aromatic rings. The zero-order valence-electron chi connectivity index (χ0n) is 17.1. The highest BCUT2D eigenvalue weighted by Crippen LogP contribution is 2.16. The maximum Gasteiger partial charge on any atom is 0.251 e. The van der Waals surface area contributed by atoms with Crippen molar-refractivity contribution in [3.63, 3.8) is 0 Å². The Morgan fingerprint density at radius 2 is 1.71 bits per heavy atom. The third-order valence-corrected chi connectivity index (χ3v) is 5.28. The first kappa shape index (κ1) is 20.4. The number of hydrogen-bond acceptors (Lipinski definition) is 3. The van der Waals surface area contributed by atoms with Crippen LogP contribution in [0.3, 0.4) is 0 Å². The van der Waals surface area contributed by atoms with Crippen molar-refractivity contribution in [3.8, 4) is 5.75 Å². The van der Waals surface area contributed by atoms with Crippen LogP contribution in [0.25, 0.3) is 0 Å². The number of benzene rings is 2. The Morgan fingerprint density at radius 3 is 2.39 bits per heavy atom. The van der Waals surface area contributed by atoms with Gasteiger partial charge in [0.25, 0.3) is 5.91 Å². The number of ether oxygens (including phenoxy) is 1. The largest absolute Gasteiger partial charge is 0.491 e. The SMILES string of the molecule is Cc1ccccc1OCC(C)NC(=O)c1ccc(CN2CCCCCC2)cc1. The van der Waals surface area contributed by atoms with Gasteiger partial charge in [0.2, 0.25) is 0 Å². The predicted molar refractivity (Wildman–Crippen MR) is 114 cm³/mol. The van der Waals surface area contributed by atoms with Crippen molar-refractivity contribution in [2.24, 2.45) is 0 Å². The van der Waals surface area contributed by atoms with Gasteiger partial charge in [-0.25, -0.2) is 0 Å². The monoisotopic (exact) mass is 380 g/mol.